The molecule has 80 valence electrons. The first-order valence-corrected chi connectivity index (χ1v) is 6.73. The molecule has 0 aliphatic carbocycles. The number of benzene rings is 1. The van der Waals surface area contributed by atoms with Crippen LogP contribution in [0.1, 0.15) is 50.7 Å². The van der Waals surface area contributed by atoms with E-state index < -0.39 is 0 Å². The molecule has 0 spiro atoms. The van der Waals surface area contributed by atoms with E-state index >= 15 is 0 Å². The highest BCUT2D eigenvalue weighted by Gasteiger charge is 1.99. The first-order valence-electron chi connectivity index (χ1n) is 6.15. The third-order valence-corrected chi connectivity index (χ3v) is 3.39. The normalized spacial score (nSPS) is 10.5. The quantitative estimate of drug-likeness (QED) is 0.641. The van der Waals surface area contributed by atoms with Gasteiger partial charge in [0, 0.05) is 0 Å². The van der Waals surface area contributed by atoms with Crippen LogP contribution < -0.4 is 4.43 Å². The SMILES string of the molecule is CCCCc1cc[c]([Al])c(CCCC)c1. The van der Waals surface area contributed by atoms with E-state index in [0.29, 0.717) is 0 Å². The van der Waals surface area contributed by atoms with Gasteiger partial charge >= 0.3 is 0 Å². The lowest BCUT2D eigenvalue weighted by molar-refractivity contribution is 0.782. The van der Waals surface area contributed by atoms with E-state index in [1.165, 1.54) is 54.1 Å². The molecule has 0 amide bonds. The predicted molar refractivity (Wildman–Crippen MR) is 69.1 cm³/mol. The van der Waals surface area contributed by atoms with Crippen molar-refractivity contribution in [3.63, 3.8) is 0 Å². The molecule has 0 aliphatic heterocycles. The van der Waals surface area contributed by atoms with Crippen LogP contribution in [-0.2, 0) is 12.8 Å². The molecule has 0 bridgehead atoms. The zero-order valence-corrected chi connectivity index (χ0v) is 11.2. The number of aryl methyl sites for hydroxylation is 2. The molecule has 0 aromatic heterocycles. The second kappa shape index (κ2) is 7.10. The van der Waals surface area contributed by atoms with Crippen molar-refractivity contribution in [3.05, 3.63) is 29.3 Å². The first kappa shape index (κ1) is 12.8. The van der Waals surface area contributed by atoms with Crippen molar-refractivity contribution in [3.8, 4) is 0 Å². The van der Waals surface area contributed by atoms with Crippen LogP contribution in [0.3, 0.4) is 0 Å². The largest absolute Gasteiger partial charge is 0.176 e. The molecule has 1 rings (SSSR count). The van der Waals surface area contributed by atoms with E-state index in [0.717, 1.165) is 0 Å². The van der Waals surface area contributed by atoms with Crippen LogP contribution in [0, 0.1) is 0 Å². The molecule has 1 aromatic rings. The average molecular weight is 216 g/mol. The maximum absolute atomic E-state index is 2.85. The van der Waals surface area contributed by atoms with Crippen LogP contribution in [0.15, 0.2) is 18.2 Å². The minimum absolute atomic E-state index is 1.23. The Bertz CT molecular complexity index is 291. The molecule has 1 aromatic carbocycles. The fourth-order valence-corrected chi connectivity index (χ4v) is 2.10. The zero-order valence-electron chi connectivity index (χ0n) is 10.1. The summed E-state index contributed by atoms with van der Waals surface area (Å²) in [5.41, 5.74) is 3.03. The van der Waals surface area contributed by atoms with Gasteiger partial charge in [0.15, 0.2) is 16.3 Å². The Labute approximate surface area is 103 Å². The van der Waals surface area contributed by atoms with Crippen LogP contribution in [0.5, 0.6) is 0 Å². The second-order valence-electron chi connectivity index (χ2n) is 4.24. The zero-order chi connectivity index (χ0) is 11.1. The van der Waals surface area contributed by atoms with E-state index in [9.17, 15) is 0 Å². The summed E-state index contributed by atoms with van der Waals surface area (Å²) in [6.45, 7) is 4.51. The lowest BCUT2D eigenvalue weighted by Crippen LogP contribution is -2.10. The average Bonchev–Trinajstić information content (AvgIpc) is 2.26. The predicted octanol–water partition coefficient (Wildman–Crippen LogP) is 3.17. The van der Waals surface area contributed by atoms with Crippen molar-refractivity contribution in [2.75, 3.05) is 0 Å². The molecule has 0 nitrogen and oxygen atoms in total. The third-order valence-electron chi connectivity index (χ3n) is 2.83. The Morgan fingerprint density at radius 1 is 1.00 bits per heavy atom. The van der Waals surface area contributed by atoms with Gasteiger partial charge < -0.3 is 0 Å². The van der Waals surface area contributed by atoms with Crippen molar-refractivity contribution in [2.45, 2.75) is 52.4 Å². The van der Waals surface area contributed by atoms with Gasteiger partial charge in [-0.05, 0) is 31.2 Å². The molecular formula is C14H21Al. The Morgan fingerprint density at radius 3 is 2.33 bits per heavy atom. The Hall–Kier alpha value is -0.248. The summed E-state index contributed by atoms with van der Waals surface area (Å²) in [7, 11) is 0. The van der Waals surface area contributed by atoms with Gasteiger partial charge in [0.2, 0.25) is 0 Å². The molecule has 15 heavy (non-hydrogen) atoms. The lowest BCUT2D eigenvalue weighted by Gasteiger charge is -2.09. The van der Waals surface area contributed by atoms with Gasteiger partial charge in [0.25, 0.3) is 0 Å². The Morgan fingerprint density at radius 2 is 1.67 bits per heavy atom. The van der Waals surface area contributed by atoms with Crippen LogP contribution in [0.25, 0.3) is 0 Å². The lowest BCUT2D eigenvalue weighted by atomic mass is 10.0. The maximum atomic E-state index is 2.85. The van der Waals surface area contributed by atoms with Gasteiger partial charge in [-0.1, -0.05) is 50.5 Å². The molecule has 0 saturated heterocycles. The summed E-state index contributed by atoms with van der Waals surface area (Å²) >= 11 is 2.85. The molecule has 0 aliphatic rings. The molecule has 2 radical (unpaired) electrons. The molecule has 0 heterocycles. The molecular weight excluding hydrogens is 195 g/mol. The molecule has 0 fully saturated rings. The number of hydrogen-bond donors (Lipinski definition) is 0. The molecule has 0 unspecified atom stereocenters. The fourth-order valence-electron chi connectivity index (χ4n) is 1.78. The van der Waals surface area contributed by atoms with Crippen LogP contribution in [0.2, 0.25) is 0 Å². The Balaban J connectivity index is 2.66. The topological polar surface area (TPSA) is 0 Å². The van der Waals surface area contributed by atoms with E-state index in [4.69, 9.17) is 0 Å². The summed E-state index contributed by atoms with van der Waals surface area (Å²) in [6.07, 6.45) is 7.65. The number of rotatable bonds is 6. The van der Waals surface area contributed by atoms with Crippen molar-refractivity contribution < 1.29 is 0 Å². The maximum Gasteiger partial charge on any atom is 0.176 e. The van der Waals surface area contributed by atoms with Crippen molar-refractivity contribution >= 4 is 20.7 Å². The number of hydrogen-bond acceptors (Lipinski definition) is 0. The van der Waals surface area contributed by atoms with Gasteiger partial charge in [-0.25, -0.2) is 0 Å². The van der Waals surface area contributed by atoms with Crippen molar-refractivity contribution in [1.29, 1.82) is 0 Å². The summed E-state index contributed by atoms with van der Waals surface area (Å²) in [5.74, 6) is 0. The minimum Gasteiger partial charge on any atom is -0.136 e. The van der Waals surface area contributed by atoms with Gasteiger partial charge in [0.05, 0.1) is 0 Å². The van der Waals surface area contributed by atoms with Gasteiger partial charge in [-0.2, -0.15) is 0 Å². The highest BCUT2D eigenvalue weighted by Crippen LogP contribution is 2.09. The molecule has 1 heteroatoms. The molecule has 0 N–H and O–H groups in total. The smallest absolute Gasteiger partial charge is 0.136 e. The van der Waals surface area contributed by atoms with E-state index in [1.54, 1.807) is 0 Å². The monoisotopic (exact) mass is 216 g/mol. The highest BCUT2D eigenvalue weighted by molar-refractivity contribution is 6.33. The van der Waals surface area contributed by atoms with Gasteiger partial charge in [0.1, 0.15) is 0 Å². The van der Waals surface area contributed by atoms with Crippen LogP contribution >= 0.6 is 0 Å². The second-order valence-corrected chi connectivity index (χ2v) is 4.86. The van der Waals surface area contributed by atoms with Crippen LogP contribution in [0.4, 0.5) is 0 Å². The van der Waals surface area contributed by atoms with E-state index in [1.807, 2.05) is 0 Å². The summed E-state index contributed by atoms with van der Waals surface area (Å²) < 4.78 is 1.38. The van der Waals surface area contributed by atoms with Crippen LogP contribution in [-0.4, -0.2) is 16.3 Å². The first-order chi connectivity index (χ1) is 7.27. The molecule has 0 atom stereocenters. The van der Waals surface area contributed by atoms with Crippen molar-refractivity contribution in [2.24, 2.45) is 0 Å². The minimum atomic E-state index is 1.23. The fraction of sp³-hybridized carbons (Fsp3) is 0.571. The molecule has 0 saturated carbocycles. The standard InChI is InChI=1S/C14H21.Al/c1-3-5-8-13-10-7-11-14(12-13)9-6-4-2;/h7,10,12H,3-6,8-9H2,1-2H3;. The summed E-state index contributed by atoms with van der Waals surface area (Å²) in [5, 5.41) is 0. The van der Waals surface area contributed by atoms with E-state index in [2.05, 4.69) is 48.3 Å². The third kappa shape index (κ3) is 4.41. The number of unbranched alkanes of at least 4 members (excludes halogenated alkanes) is 2. The van der Waals surface area contributed by atoms with Gasteiger partial charge in [-0.15, -0.1) is 4.43 Å². The summed E-state index contributed by atoms with van der Waals surface area (Å²) in [6, 6.07) is 6.92. The Kier molecular flexibility index (Phi) is 6.07. The summed E-state index contributed by atoms with van der Waals surface area (Å²) in [4.78, 5) is 0. The van der Waals surface area contributed by atoms with Gasteiger partial charge in [-0.3, -0.25) is 0 Å². The van der Waals surface area contributed by atoms with E-state index in [-0.39, 0.29) is 0 Å². The van der Waals surface area contributed by atoms with Crippen molar-refractivity contribution in [1.82, 2.24) is 0 Å². The highest BCUT2D eigenvalue weighted by atomic mass is 27.0.